The third-order valence-electron chi connectivity index (χ3n) is 3.77. The van der Waals surface area contributed by atoms with Crippen molar-refractivity contribution < 1.29 is 32.0 Å². The number of esters is 1. The van der Waals surface area contributed by atoms with E-state index in [0.29, 0.717) is 5.76 Å². The molecule has 0 aliphatic rings. The fraction of sp³-hybridized carbons (Fsp3) is 0.389. The van der Waals surface area contributed by atoms with Crippen molar-refractivity contribution >= 4 is 35.0 Å². The van der Waals surface area contributed by atoms with Gasteiger partial charge in [-0.2, -0.15) is 13.2 Å². The van der Waals surface area contributed by atoms with E-state index in [1.54, 1.807) is 20.8 Å². The molecule has 7 nitrogen and oxygen atoms in total. The standard InChI is InChI=1S/C18H19ClF3N3O4/c1-9(2)16(23-13-5-4-11(7-12(13)19)18(20,21)22)17(27)28-8-15(26)24-14-6-10(3)29-25-14/h4-7,9,16,23H,8H2,1-3H3,(H,24,25,26)/t16-/m0/s1. The zero-order chi connectivity index (χ0) is 21.8. The minimum atomic E-state index is -4.53. The second-order valence-electron chi connectivity index (χ2n) is 6.54. The van der Waals surface area contributed by atoms with Crippen LogP contribution in [-0.2, 0) is 20.5 Å². The number of alkyl halides is 3. The summed E-state index contributed by atoms with van der Waals surface area (Å²) in [6.07, 6.45) is -4.53. The highest BCUT2D eigenvalue weighted by atomic mass is 35.5. The highest BCUT2D eigenvalue weighted by molar-refractivity contribution is 6.33. The van der Waals surface area contributed by atoms with Gasteiger partial charge in [-0.05, 0) is 31.0 Å². The highest BCUT2D eigenvalue weighted by Crippen LogP contribution is 2.34. The Labute approximate surface area is 169 Å². The summed E-state index contributed by atoms with van der Waals surface area (Å²) in [7, 11) is 0. The Morgan fingerprint density at radius 1 is 1.28 bits per heavy atom. The molecule has 0 saturated heterocycles. The first-order valence-corrected chi connectivity index (χ1v) is 8.88. The molecule has 1 aromatic heterocycles. The number of carbonyl (C=O) groups excluding carboxylic acids is 2. The molecule has 11 heteroatoms. The van der Waals surface area contributed by atoms with Crippen LogP contribution in [0.5, 0.6) is 0 Å². The Bertz CT molecular complexity index is 883. The summed E-state index contributed by atoms with van der Waals surface area (Å²) in [6, 6.07) is 3.30. The number of aryl methyl sites for hydroxylation is 1. The van der Waals surface area contributed by atoms with E-state index in [2.05, 4.69) is 15.8 Å². The molecule has 0 radical (unpaired) electrons. The van der Waals surface area contributed by atoms with Crippen molar-refractivity contribution in [3.8, 4) is 0 Å². The van der Waals surface area contributed by atoms with Crippen molar-refractivity contribution in [2.45, 2.75) is 33.0 Å². The number of hydrogen-bond donors (Lipinski definition) is 2. The van der Waals surface area contributed by atoms with Gasteiger partial charge in [0.1, 0.15) is 11.8 Å². The van der Waals surface area contributed by atoms with Crippen LogP contribution in [0.25, 0.3) is 0 Å². The van der Waals surface area contributed by atoms with Gasteiger partial charge in [-0.15, -0.1) is 0 Å². The predicted octanol–water partition coefficient (Wildman–Crippen LogP) is 4.27. The molecule has 1 heterocycles. The van der Waals surface area contributed by atoms with Crippen molar-refractivity contribution in [2.75, 3.05) is 17.2 Å². The van der Waals surface area contributed by atoms with Crippen LogP contribution in [0.4, 0.5) is 24.7 Å². The average Bonchev–Trinajstić information content (AvgIpc) is 3.02. The van der Waals surface area contributed by atoms with Gasteiger partial charge in [-0.25, -0.2) is 4.79 Å². The van der Waals surface area contributed by atoms with Crippen LogP contribution in [0.15, 0.2) is 28.8 Å². The number of nitrogens with zero attached hydrogens (tertiary/aromatic N) is 1. The van der Waals surface area contributed by atoms with Gasteiger partial charge in [0, 0.05) is 6.07 Å². The maximum absolute atomic E-state index is 12.8. The van der Waals surface area contributed by atoms with Crippen LogP contribution in [-0.4, -0.2) is 29.7 Å². The second kappa shape index (κ2) is 9.17. The average molecular weight is 434 g/mol. The van der Waals surface area contributed by atoms with Crippen molar-refractivity contribution in [1.29, 1.82) is 0 Å². The Hall–Kier alpha value is -2.75. The van der Waals surface area contributed by atoms with Crippen LogP contribution < -0.4 is 10.6 Å². The van der Waals surface area contributed by atoms with E-state index in [4.69, 9.17) is 20.9 Å². The molecule has 0 bridgehead atoms. The minimum Gasteiger partial charge on any atom is -0.454 e. The van der Waals surface area contributed by atoms with Gasteiger partial charge in [0.05, 0.1) is 16.3 Å². The smallest absolute Gasteiger partial charge is 0.416 e. The topological polar surface area (TPSA) is 93.5 Å². The summed E-state index contributed by atoms with van der Waals surface area (Å²) in [5.41, 5.74) is -0.769. The van der Waals surface area contributed by atoms with Gasteiger partial charge in [0.2, 0.25) is 0 Å². The van der Waals surface area contributed by atoms with Gasteiger partial charge in [0.15, 0.2) is 12.4 Å². The molecule has 1 atom stereocenters. The van der Waals surface area contributed by atoms with E-state index in [1.807, 2.05) is 0 Å². The van der Waals surface area contributed by atoms with Crippen LogP contribution in [0.1, 0.15) is 25.2 Å². The third-order valence-corrected chi connectivity index (χ3v) is 4.08. The molecule has 29 heavy (non-hydrogen) atoms. The zero-order valence-electron chi connectivity index (χ0n) is 15.8. The number of carbonyl (C=O) groups is 2. The molecule has 0 fully saturated rings. The van der Waals surface area contributed by atoms with Crippen LogP contribution in [0.2, 0.25) is 5.02 Å². The molecule has 2 aromatic rings. The molecular formula is C18H19ClF3N3O4. The number of ether oxygens (including phenoxy) is 1. The van der Waals surface area contributed by atoms with E-state index in [9.17, 15) is 22.8 Å². The first-order valence-electron chi connectivity index (χ1n) is 8.50. The summed E-state index contributed by atoms with van der Waals surface area (Å²) in [6.45, 7) is 4.48. The third kappa shape index (κ3) is 6.38. The van der Waals surface area contributed by atoms with Crippen molar-refractivity contribution in [2.24, 2.45) is 5.92 Å². The van der Waals surface area contributed by atoms with Gasteiger partial charge in [0.25, 0.3) is 5.91 Å². The van der Waals surface area contributed by atoms with E-state index < -0.39 is 36.3 Å². The first kappa shape index (κ1) is 22.5. The molecule has 1 amide bonds. The molecule has 0 spiro atoms. The van der Waals surface area contributed by atoms with Crippen molar-refractivity contribution in [3.05, 3.63) is 40.6 Å². The number of rotatable bonds is 7. The minimum absolute atomic E-state index is 0.137. The number of anilines is 2. The maximum Gasteiger partial charge on any atom is 0.416 e. The highest BCUT2D eigenvalue weighted by Gasteiger charge is 2.31. The van der Waals surface area contributed by atoms with E-state index in [1.165, 1.54) is 6.07 Å². The Balaban J connectivity index is 1.99. The van der Waals surface area contributed by atoms with Gasteiger partial charge in [-0.3, -0.25) is 4.79 Å². The van der Waals surface area contributed by atoms with E-state index in [0.717, 1.165) is 18.2 Å². The second-order valence-corrected chi connectivity index (χ2v) is 6.94. The molecule has 0 aliphatic heterocycles. The van der Waals surface area contributed by atoms with Gasteiger partial charge < -0.3 is 19.9 Å². The fourth-order valence-corrected chi connectivity index (χ4v) is 2.54. The molecule has 0 unspecified atom stereocenters. The molecule has 0 aliphatic carbocycles. The monoisotopic (exact) mass is 433 g/mol. The Morgan fingerprint density at radius 2 is 1.97 bits per heavy atom. The largest absolute Gasteiger partial charge is 0.454 e. The summed E-state index contributed by atoms with van der Waals surface area (Å²) in [5.74, 6) is -1.01. The number of amides is 1. The number of halogens is 4. The van der Waals surface area contributed by atoms with E-state index >= 15 is 0 Å². The number of benzene rings is 1. The van der Waals surface area contributed by atoms with Crippen molar-refractivity contribution in [3.63, 3.8) is 0 Å². The quantitative estimate of drug-likeness (QED) is 0.633. The SMILES string of the molecule is Cc1cc(NC(=O)COC(=O)[C@@H](Nc2ccc(C(F)(F)F)cc2Cl)C(C)C)no1. The molecule has 2 N–H and O–H groups in total. The fourth-order valence-electron chi connectivity index (χ4n) is 2.30. The first-order chi connectivity index (χ1) is 13.5. The summed E-state index contributed by atoms with van der Waals surface area (Å²) >= 11 is 5.91. The molecular weight excluding hydrogens is 415 g/mol. The van der Waals surface area contributed by atoms with Crippen molar-refractivity contribution in [1.82, 2.24) is 5.16 Å². The normalized spacial score (nSPS) is 12.6. The maximum atomic E-state index is 12.8. The van der Waals surface area contributed by atoms with Crippen LogP contribution in [0.3, 0.4) is 0 Å². The summed E-state index contributed by atoms with van der Waals surface area (Å²) in [5, 5.41) is 8.55. The lowest BCUT2D eigenvalue weighted by molar-refractivity contribution is -0.149. The zero-order valence-corrected chi connectivity index (χ0v) is 16.5. The number of nitrogens with one attached hydrogen (secondary N) is 2. The molecule has 2 rings (SSSR count). The van der Waals surface area contributed by atoms with E-state index in [-0.39, 0.29) is 22.4 Å². The lowest BCUT2D eigenvalue weighted by Crippen LogP contribution is -2.37. The predicted molar refractivity (Wildman–Crippen MR) is 99.5 cm³/mol. The Morgan fingerprint density at radius 3 is 2.48 bits per heavy atom. The molecule has 0 saturated carbocycles. The molecule has 158 valence electrons. The summed E-state index contributed by atoms with van der Waals surface area (Å²) < 4.78 is 48.1. The lowest BCUT2D eigenvalue weighted by atomic mass is 10.0. The van der Waals surface area contributed by atoms with Gasteiger partial charge >= 0.3 is 12.1 Å². The lowest BCUT2D eigenvalue weighted by Gasteiger charge is -2.22. The van der Waals surface area contributed by atoms with Crippen LogP contribution in [0, 0.1) is 12.8 Å². The summed E-state index contributed by atoms with van der Waals surface area (Å²) in [4.78, 5) is 24.2. The van der Waals surface area contributed by atoms with Gasteiger partial charge in [-0.1, -0.05) is 30.6 Å². The van der Waals surface area contributed by atoms with Crippen LogP contribution >= 0.6 is 11.6 Å². The number of aromatic nitrogens is 1. The number of hydrogen-bond acceptors (Lipinski definition) is 6. The Kier molecular flexibility index (Phi) is 7.12. The molecule has 1 aromatic carbocycles.